The van der Waals surface area contributed by atoms with Gasteiger partial charge in [0.25, 0.3) is 5.69 Å². The van der Waals surface area contributed by atoms with Crippen LogP contribution in [0.25, 0.3) is 0 Å². The summed E-state index contributed by atoms with van der Waals surface area (Å²) in [5.74, 6) is 0. The van der Waals surface area contributed by atoms with Gasteiger partial charge in [-0.25, -0.2) is 0 Å². The zero-order valence-corrected chi connectivity index (χ0v) is 12.5. The average Bonchev–Trinajstić information content (AvgIpc) is 2.42. The van der Waals surface area contributed by atoms with Crippen molar-refractivity contribution < 1.29 is 9.72 Å². The Morgan fingerprint density at radius 1 is 1.20 bits per heavy atom. The number of para-hydroxylation sites is 1. The molecule has 102 valence electrons. The first-order valence-electron chi connectivity index (χ1n) is 5.53. The van der Waals surface area contributed by atoms with Crippen LogP contribution in [0.5, 0.6) is 0 Å². The predicted molar refractivity (Wildman–Crippen MR) is 81.0 cm³/mol. The summed E-state index contributed by atoms with van der Waals surface area (Å²) in [6.07, 6.45) is 0.575. The summed E-state index contributed by atoms with van der Waals surface area (Å²) in [4.78, 5) is 22.4. The minimum Gasteiger partial charge on any atom is -0.328 e. The highest BCUT2D eigenvalue weighted by molar-refractivity contribution is 9.10. The molecule has 0 aliphatic heterocycles. The Bertz CT molecular complexity index is 664. The first kappa shape index (κ1) is 14.5. The molecule has 2 aromatic carbocycles. The number of nitrogens with zero attached hydrogens (tertiary/aromatic N) is 1. The molecular formula is C13H9BrN2O3S. The standard InChI is InChI=1S/C13H9BrN2O3S/c14-9-5-6-12(10(7-9)15-8-17)20-13-4-2-1-3-11(13)16(18)19/h1-8H,(H,15,17). The van der Waals surface area contributed by atoms with E-state index in [1.165, 1.54) is 17.8 Å². The summed E-state index contributed by atoms with van der Waals surface area (Å²) in [5, 5.41) is 13.6. The number of carbonyl (C=O) groups is 1. The molecule has 0 spiro atoms. The van der Waals surface area contributed by atoms with E-state index >= 15 is 0 Å². The fourth-order valence-corrected chi connectivity index (χ4v) is 2.94. The van der Waals surface area contributed by atoms with Gasteiger partial charge >= 0.3 is 0 Å². The van der Waals surface area contributed by atoms with Crippen molar-refractivity contribution in [1.29, 1.82) is 0 Å². The van der Waals surface area contributed by atoms with Gasteiger partial charge in [-0.1, -0.05) is 39.8 Å². The lowest BCUT2D eigenvalue weighted by Crippen LogP contribution is -1.96. The Morgan fingerprint density at radius 2 is 1.95 bits per heavy atom. The van der Waals surface area contributed by atoms with Crippen LogP contribution in [0.2, 0.25) is 0 Å². The summed E-state index contributed by atoms with van der Waals surface area (Å²) in [6, 6.07) is 11.8. The lowest BCUT2D eigenvalue weighted by atomic mass is 10.3. The van der Waals surface area contributed by atoms with Crippen molar-refractivity contribution in [2.24, 2.45) is 0 Å². The van der Waals surface area contributed by atoms with Crippen LogP contribution in [-0.2, 0) is 4.79 Å². The van der Waals surface area contributed by atoms with Crippen molar-refractivity contribution in [3.8, 4) is 0 Å². The number of hydrogen-bond donors (Lipinski definition) is 1. The fraction of sp³-hybridized carbons (Fsp3) is 0. The zero-order chi connectivity index (χ0) is 14.5. The van der Waals surface area contributed by atoms with Gasteiger partial charge in [0.05, 0.1) is 15.5 Å². The molecule has 2 rings (SSSR count). The summed E-state index contributed by atoms with van der Waals surface area (Å²) in [5.41, 5.74) is 0.634. The van der Waals surface area contributed by atoms with Crippen molar-refractivity contribution in [1.82, 2.24) is 0 Å². The molecule has 0 saturated heterocycles. The van der Waals surface area contributed by atoms with Crippen LogP contribution in [0.1, 0.15) is 0 Å². The molecule has 20 heavy (non-hydrogen) atoms. The third-order valence-corrected chi connectivity index (χ3v) is 4.07. The van der Waals surface area contributed by atoms with Gasteiger partial charge in [0, 0.05) is 15.4 Å². The van der Waals surface area contributed by atoms with Crippen molar-refractivity contribution in [3.63, 3.8) is 0 Å². The molecule has 0 atom stereocenters. The zero-order valence-electron chi connectivity index (χ0n) is 10.1. The first-order chi connectivity index (χ1) is 9.61. The van der Waals surface area contributed by atoms with Crippen LogP contribution in [0.4, 0.5) is 11.4 Å². The third kappa shape index (κ3) is 3.37. The number of halogens is 1. The second-order valence-electron chi connectivity index (χ2n) is 3.73. The highest BCUT2D eigenvalue weighted by Gasteiger charge is 2.15. The van der Waals surface area contributed by atoms with E-state index in [9.17, 15) is 14.9 Å². The monoisotopic (exact) mass is 352 g/mol. The first-order valence-corrected chi connectivity index (χ1v) is 7.14. The van der Waals surface area contributed by atoms with Crippen molar-refractivity contribution in [3.05, 3.63) is 57.1 Å². The van der Waals surface area contributed by atoms with E-state index in [0.717, 1.165) is 9.37 Å². The number of carbonyl (C=O) groups excluding carboxylic acids is 1. The van der Waals surface area contributed by atoms with Crippen LogP contribution >= 0.6 is 27.7 Å². The van der Waals surface area contributed by atoms with E-state index in [2.05, 4.69) is 21.2 Å². The minimum absolute atomic E-state index is 0.0393. The number of nitro benzene ring substituents is 1. The normalized spacial score (nSPS) is 10.1. The number of amides is 1. The maximum Gasteiger partial charge on any atom is 0.283 e. The van der Waals surface area contributed by atoms with Crippen LogP contribution in [-0.4, -0.2) is 11.3 Å². The molecule has 0 aromatic heterocycles. The van der Waals surface area contributed by atoms with Gasteiger partial charge in [-0.05, 0) is 24.3 Å². The molecule has 0 fully saturated rings. The molecule has 0 radical (unpaired) electrons. The topological polar surface area (TPSA) is 72.2 Å². The second kappa shape index (κ2) is 6.53. The number of nitro groups is 1. The van der Waals surface area contributed by atoms with Crippen LogP contribution in [0.3, 0.4) is 0 Å². The van der Waals surface area contributed by atoms with E-state index in [0.29, 0.717) is 17.0 Å². The largest absolute Gasteiger partial charge is 0.328 e. The quantitative estimate of drug-likeness (QED) is 0.500. The summed E-state index contributed by atoms with van der Waals surface area (Å²) >= 11 is 4.55. The molecule has 1 N–H and O–H groups in total. The SMILES string of the molecule is O=CNc1cc(Br)ccc1Sc1ccccc1[N+](=O)[O-]. The summed E-state index contributed by atoms with van der Waals surface area (Å²) in [7, 11) is 0. The van der Waals surface area contributed by atoms with Crippen molar-refractivity contribution in [2.75, 3.05) is 5.32 Å². The molecule has 0 bridgehead atoms. The number of nitrogens with one attached hydrogen (secondary N) is 1. The highest BCUT2D eigenvalue weighted by atomic mass is 79.9. The maximum atomic E-state index is 11.0. The summed E-state index contributed by atoms with van der Waals surface area (Å²) in [6.45, 7) is 0. The second-order valence-corrected chi connectivity index (χ2v) is 5.73. The van der Waals surface area contributed by atoms with E-state index in [1.807, 2.05) is 6.07 Å². The Kier molecular flexibility index (Phi) is 4.75. The van der Waals surface area contributed by atoms with Gasteiger partial charge in [0.15, 0.2) is 0 Å². The van der Waals surface area contributed by atoms with Gasteiger partial charge in [0.1, 0.15) is 0 Å². The smallest absolute Gasteiger partial charge is 0.283 e. The molecular weight excluding hydrogens is 344 g/mol. The molecule has 0 saturated carbocycles. The minimum atomic E-state index is -0.423. The number of benzene rings is 2. The molecule has 0 heterocycles. The van der Waals surface area contributed by atoms with Gasteiger partial charge in [-0.3, -0.25) is 14.9 Å². The highest BCUT2D eigenvalue weighted by Crippen LogP contribution is 2.39. The Hall–Kier alpha value is -1.86. The van der Waals surface area contributed by atoms with E-state index in [-0.39, 0.29) is 5.69 Å². The molecule has 2 aromatic rings. The van der Waals surface area contributed by atoms with Crippen LogP contribution in [0, 0.1) is 10.1 Å². The van der Waals surface area contributed by atoms with E-state index in [1.54, 1.807) is 30.3 Å². The average molecular weight is 353 g/mol. The fourth-order valence-electron chi connectivity index (χ4n) is 1.58. The van der Waals surface area contributed by atoms with E-state index in [4.69, 9.17) is 0 Å². The summed E-state index contributed by atoms with van der Waals surface area (Å²) < 4.78 is 0.814. The van der Waals surface area contributed by atoms with Gasteiger partial charge in [0.2, 0.25) is 6.41 Å². The molecule has 5 nitrogen and oxygen atoms in total. The number of anilines is 1. The predicted octanol–water partition coefficient (Wildman–Crippen LogP) is 4.08. The molecule has 1 amide bonds. The maximum absolute atomic E-state index is 11.0. The Morgan fingerprint density at radius 3 is 2.65 bits per heavy atom. The van der Waals surface area contributed by atoms with Gasteiger partial charge in [-0.2, -0.15) is 0 Å². The van der Waals surface area contributed by atoms with Crippen LogP contribution in [0.15, 0.2) is 56.7 Å². The Labute approximate surface area is 127 Å². The van der Waals surface area contributed by atoms with Gasteiger partial charge < -0.3 is 5.32 Å². The molecule has 0 unspecified atom stereocenters. The lowest BCUT2D eigenvalue weighted by molar-refractivity contribution is -0.387. The van der Waals surface area contributed by atoms with Gasteiger partial charge in [-0.15, -0.1) is 0 Å². The molecule has 0 aliphatic carbocycles. The van der Waals surface area contributed by atoms with Crippen molar-refractivity contribution in [2.45, 2.75) is 9.79 Å². The Balaban J connectivity index is 2.39. The van der Waals surface area contributed by atoms with Crippen molar-refractivity contribution >= 4 is 45.5 Å². The van der Waals surface area contributed by atoms with Crippen LogP contribution < -0.4 is 5.32 Å². The number of rotatable bonds is 5. The van der Waals surface area contributed by atoms with E-state index < -0.39 is 4.92 Å². The third-order valence-electron chi connectivity index (χ3n) is 2.44. The molecule has 0 aliphatic rings. The number of hydrogen-bond acceptors (Lipinski definition) is 4. The lowest BCUT2D eigenvalue weighted by Gasteiger charge is -2.08. The molecule has 7 heteroatoms.